The Morgan fingerprint density at radius 3 is 2.94 bits per heavy atom. The van der Waals surface area contributed by atoms with Crippen LogP contribution < -0.4 is 14.8 Å². The Balaban J connectivity index is 1.99. The zero-order chi connectivity index (χ0) is 11.4. The number of nitrogens with one attached hydrogen (secondary N) is 1. The molecule has 1 fully saturated rings. The number of ether oxygens (including phenoxy) is 2. The fourth-order valence-electron chi connectivity index (χ4n) is 1.74. The minimum atomic E-state index is -0.217. The highest BCUT2D eigenvalue weighted by molar-refractivity contribution is 5.78. The molecule has 1 aromatic carbocycles. The molecule has 4 nitrogen and oxygen atoms in total. The molecule has 1 unspecified atom stereocenters. The van der Waals surface area contributed by atoms with E-state index < -0.39 is 0 Å². The van der Waals surface area contributed by atoms with E-state index in [-0.39, 0.29) is 12.0 Å². The smallest absolute Gasteiger partial charge is 0.328 e. The Bertz CT molecular complexity index is 372. The lowest BCUT2D eigenvalue weighted by atomic mass is 10.2. The summed E-state index contributed by atoms with van der Waals surface area (Å²) in [5.41, 5.74) is 0. The standard InChI is InChI=1S/C12H15NO3/c1-15-9-4-2-5-10(8-9)16-12(14)11-6-3-7-13-11/h2,4-5,8,11,13H,3,6-7H2,1H3. The van der Waals surface area contributed by atoms with Gasteiger partial charge in [-0.05, 0) is 31.5 Å². The number of carbonyl (C=O) groups excluding carboxylic acids is 1. The van der Waals surface area contributed by atoms with E-state index in [2.05, 4.69) is 5.32 Å². The first-order valence-electron chi connectivity index (χ1n) is 5.39. The minimum Gasteiger partial charge on any atom is -0.497 e. The topological polar surface area (TPSA) is 47.6 Å². The van der Waals surface area contributed by atoms with Gasteiger partial charge in [0.15, 0.2) is 0 Å². The zero-order valence-corrected chi connectivity index (χ0v) is 9.23. The second kappa shape index (κ2) is 4.99. The first kappa shape index (κ1) is 11.0. The van der Waals surface area contributed by atoms with Crippen LogP contribution in [0.1, 0.15) is 12.8 Å². The summed E-state index contributed by atoms with van der Waals surface area (Å²) in [6, 6.07) is 6.89. The van der Waals surface area contributed by atoms with E-state index in [1.54, 1.807) is 25.3 Å². The molecular weight excluding hydrogens is 206 g/mol. The van der Waals surface area contributed by atoms with E-state index in [9.17, 15) is 4.79 Å². The largest absolute Gasteiger partial charge is 0.497 e. The van der Waals surface area contributed by atoms with Crippen molar-refractivity contribution in [3.63, 3.8) is 0 Å². The maximum absolute atomic E-state index is 11.7. The molecule has 1 heterocycles. The number of carbonyl (C=O) groups is 1. The van der Waals surface area contributed by atoms with Gasteiger partial charge < -0.3 is 14.8 Å². The third kappa shape index (κ3) is 2.52. The Kier molecular flexibility index (Phi) is 3.41. The van der Waals surface area contributed by atoms with E-state index in [0.29, 0.717) is 11.5 Å². The molecule has 0 bridgehead atoms. The second-order valence-corrected chi connectivity index (χ2v) is 3.75. The third-order valence-corrected chi connectivity index (χ3v) is 2.60. The molecule has 0 amide bonds. The summed E-state index contributed by atoms with van der Waals surface area (Å²) in [6.07, 6.45) is 1.88. The van der Waals surface area contributed by atoms with Gasteiger partial charge in [-0.3, -0.25) is 0 Å². The third-order valence-electron chi connectivity index (χ3n) is 2.60. The normalized spacial score (nSPS) is 19.4. The van der Waals surface area contributed by atoms with Crippen molar-refractivity contribution in [2.45, 2.75) is 18.9 Å². The maximum atomic E-state index is 11.7. The highest BCUT2D eigenvalue weighted by Gasteiger charge is 2.23. The number of benzene rings is 1. The van der Waals surface area contributed by atoms with Crippen molar-refractivity contribution in [1.82, 2.24) is 5.32 Å². The van der Waals surface area contributed by atoms with Crippen LogP contribution in [0.15, 0.2) is 24.3 Å². The molecule has 4 heteroatoms. The van der Waals surface area contributed by atoms with Gasteiger partial charge in [-0.25, -0.2) is 4.79 Å². The molecule has 16 heavy (non-hydrogen) atoms. The van der Waals surface area contributed by atoms with Gasteiger partial charge in [-0.15, -0.1) is 0 Å². The summed E-state index contributed by atoms with van der Waals surface area (Å²) < 4.78 is 10.3. The fraction of sp³-hybridized carbons (Fsp3) is 0.417. The lowest BCUT2D eigenvalue weighted by Crippen LogP contribution is -2.34. The highest BCUT2D eigenvalue weighted by Crippen LogP contribution is 2.20. The SMILES string of the molecule is COc1cccc(OC(=O)C2CCCN2)c1. The van der Waals surface area contributed by atoms with Gasteiger partial charge in [-0.2, -0.15) is 0 Å². The van der Waals surface area contributed by atoms with Crippen molar-refractivity contribution in [2.24, 2.45) is 0 Å². The van der Waals surface area contributed by atoms with E-state index >= 15 is 0 Å². The van der Waals surface area contributed by atoms with Crippen LogP contribution in [0.5, 0.6) is 11.5 Å². The van der Waals surface area contributed by atoms with Crippen molar-refractivity contribution in [1.29, 1.82) is 0 Å². The number of rotatable bonds is 3. The van der Waals surface area contributed by atoms with Crippen molar-refractivity contribution < 1.29 is 14.3 Å². The van der Waals surface area contributed by atoms with Crippen LogP contribution in [-0.4, -0.2) is 25.7 Å². The van der Waals surface area contributed by atoms with Gasteiger partial charge in [0.05, 0.1) is 7.11 Å². The first-order valence-corrected chi connectivity index (χ1v) is 5.39. The average Bonchev–Trinajstić information content (AvgIpc) is 2.83. The summed E-state index contributed by atoms with van der Waals surface area (Å²) in [5.74, 6) is 0.994. The van der Waals surface area contributed by atoms with Crippen LogP contribution in [0.3, 0.4) is 0 Å². The number of hydrogen-bond acceptors (Lipinski definition) is 4. The maximum Gasteiger partial charge on any atom is 0.328 e. The van der Waals surface area contributed by atoms with Gasteiger partial charge in [-0.1, -0.05) is 6.07 Å². The van der Waals surface area contributed by atoms with Crippen LogP contribution in [-0.2, 0) is 4.79 Å². The van der Waals surface area contributed by atoms with Crippen molar-refractivity contribution in [3.05, 3.63) is 24.3 Å². The van der Waals surface area contributed by atoms with Crippen molar-refractivity contribution >= 4 is 5.97 Å². The quantitative estimate of drug-likeness (QED) is 0.618. The Morgan fingerprint density at radius 1 is 1.44 bits per heavy atom. The molecule has 0 aliphatic carbocycles. The zero-order valence-electron chi connectivity index (χ0n) is 9.23. The van der Waals surface area contributed by atoms with Crippen LogP contribution in [0.25, 0.3) is 0 Å². The predicted molar refractivity (Wildman–Crippen MR) is 59.7 cm³/mol. The second-order valence-electron chi connectivity index (χ2n) is 3.75. The number of methoxy groups -OCH3 is 1. The van der Waals surface area contributed by atoms with Gasteiger partial charge in [0.25, 0.3) is 0 Å². The summed E-state index contributed by atoms with van der Waals surface area (Å²) in [7, 11) is 1.58. The molecule has 1 aliphatic heterocycles. The number of hydrogen-bond donors (Lipinski definition) is 1. The summed E-state index contributed by atoms with van der Waals surface area (Å²) in [5, 5.41) is 3.10. The van der Waals surface area contributed by atoms with Gasteiger partial charge in [0, 0.05) is 6.07 Å². The molecule has 1 aromatic rings. The molecule has 1 N–H and O–H groups in total. The molecule has 0 saturated carbocycles. The Morgan fingerprint density at radius 2 is 2.25 bits per heavy atom. The highest BCUT2D eigenvalue weighted by atomic mass is 16.5. The van der Waals surface area contributed by atoms with E-state index in [0.717, 1.165) is 19.4 Å². The molecule has 0 aromatic heterocycles. The Labute approximate surface area is 94.6 Å². The van der Waals surface area contributed by atoms with Crippen LogP contribution in [0.2, 0.25) is 0 Å². The molecule has 2 rings (SSSR count). The lowest BCUT2D eigenvalue weighted by molar-refractivity contribution is -0.136. The predicted octanol–water partition coefficient (Wildman–Crippen LogP) is 1.35. The first-order chi connectivity index (χ1) is 7.79. The van der Waals surface area contributed by atoms with Crippen molar-refractivity contribution in [2.75, 3.05) is 13.7 Å². The van der Waals surface area contributed by atoms with E-state index in [1.165, 1.54) is 0 Å². The summed E-state index contributed by atoms with van der Waals surface area (Å²) >= 11 is 0. The average molecular weight is 221 g/mol. The van der Waals surface area contributed by atoms with Crippen LogP contribution >= 0.6 is 0 Å². The summed E-state index contributed by atoms with van der Waals surface area (Å²) in [6.45, 7) is 0.887. The fourth-order valence-corrected chi connectivity index (χ4v) is 1.74. The van der Waals surface area contributed by atoms with Gasteiger partial charge >= 0.3 is 5.97 Å². The Hall–Kier alpha value is -1.55. The van der Waals surface area contributed by atoms with Crippen LogP contribution in [0.4, 0.5) is 0 Å². The van der Waals surface area contributed by atoms with Crippen molar-refractivity contribution in [3.8, 4) is 11.5 Å². The van der Waals surface area contributed by atoms with Gasteiger partial charge in [0.2, 0.25) is 0 Å². The van der Waals surface area contributed by atoms with E-state index in [4.69, 9.17) is 9.47 Å². The van der Waals surface area contributed by atoms with E-state index in [1.807, 2.05) is 6.07 Å². The molecular formula is C12H15NO3. The van der Waals surface area contributed by atoms with Crippen LogP contribution in [0, 0.1) is 0 Å². The molecule has 86 valence electrons. The molecule has 0 spiro atoms. The summed E-state index contributed by atoms with van der Waals surface area (Å²) in [4.78, 5) is 11.7. The molecule has 0 radical (unpaired) electrons. The minimum absolute atomic E-state index is 0.161. The molecule has 1 aliphatic rings. The lowest BCUT2D eigenvalue weighted by Gasteiger charge is -2.10. The molecule has 1 saturated heterocycles. The molecule has 1 atom stereocenters. The van der Waals surface area contributed by atoms with Gasteiger partial charge in [0.1, 0.15) is 17.5 Å². The monoisotopic (exact) mass is 221 g/mol. The number of esters is 1.